The molecule has 0 aliphatic carbocycles. The quantitative estimate of drug-likeness (QED) is 0.256. The van der Waals surface area contributed by atoms with Gasteiger partial charge in [0.2, 0.25) is 0 Å². The number of aromatic nitrogens is 2. The topological polar surface area (TPSA) is 179 Å². The molecule has 1 heterocycles. The average molecular weight is 362 g/mol. The van der Waals surface area contributed by atoms with E-state index in [0.29, 0.717) is 4.57 Å². The van der Waals surface area contributed by atoms with Gasteiger partial charge in [0.25, 0.3) is 11.5 Å². The zero-order chi connectivity index (χ0) is 17.1. The first-order valence-electron chi connectivity index (χ1n) is 5.88. The first kappa shape index (κ1) is 22.4. The molecule has 13 heteroatoms. The first-order valence-corrected chi connectivity index (χ1v) is 7.68. The third-order valence-corrected chi connectivity index (χ3v) is 3.08. The number of nitrogens with zero attached hydrogens (tertiary/aromatic N) is 1. The van der Waals surface area contributed by atoms with Crippen molar-refractivity contribution in [1.29, 1.82) is 0 Å². The third kappa shape index (κ3) is 6.42. The Hall–Kier alpha value is -0.620. The summed E-state index contributed by atoms with van der Waals surface area (Å²) in [4.78, 5) is 53.8. The molecule has 1 rings (SSSR count). The Morgan fingerprint density at radius 2 is 2.00 bits per heavy atom. The summed E-state index contributed by atoms with van der Waals surface area (Å²) in [5.74, 6) is -1.23. The van der Waals surface area contributed by atoms with Crippen molar-refractivity contribution in [3.63, 3.8) is 0 Å². The molecular weight excluding hydrogens is 346 g/mol. The number of carbonyl (C=O) groups excluding carboxylic acids is 1. The maximum atomic E-state index is 12.0. The van der Waals surface area contributed by atoms with Crippen molar-refractivity contribution in [1.82, 2.24) is 9.55 Å². The number of aliphatic hydroxyl groups excluding tert-OH is 2. The van der Waals surface area contributed by atoms with Crippen LogP contribution in [-0.4, -0.2) is 90.2 Å². The Morgan fingerprint density at radius 1 is 1.43 bits per heavy atom. The standard InChI is InChI=1S/C10H15N2O9P.Na.H/c1-5-2-12(10(17)11-8(5)15)9(16)7(14)6(3-13)21-4-22(18,19)20;;/h2,6-7,13-14H,3-4H2,1H3,(H,11,15,17)(H2,18,19,20);;/t6-,7+;;/m0../s1. The Morgan fingerprint density at radius 3 is 2.48 bits per heavy atom. The van der Waals surface area contributed by atoms with Gasteiger partial charge >= 0.3 is 42.8 Å². The number of rotatable bonds is 6. The summed E-state index contributed by atoms with van der Waals surface area (Å²) in [6.45, 7) is 0.395. The fourth-order valence-corrected chi connectivity index (χ4v) is 1.85. The molecule has 126 valence electrons. The van der Waals surface area contributed by atoms with Gasteiger partial charge in [0, 0.05) is 11.8 Å². The summed E-state index contributed by atoms with van der Waals surface area (Å²) in [6.07, 6.45) is -3.95. The Bertz CT molecular complexity index is 709. The van der Waals surface area contributed by atoms with Crippen LogP contribution in [0.1, 0.15) is 10.4 Å². The van der Waals surface area contributed by atoms with Gasteiger partial charge in [-0.2, -0.15) is 0 Å². The molecule has 0 unspecified atom stereocenters. The van der Waals surface area contributed by atoms with E-state index in [9.17, 15) is 24.1 Å². The van der Waals surface area contributed by atoms with Crippen molar-refractivity contribution in [2.75, 3.05) is 13.0 Å². The molecule has 0 aromatic carbocycles. The number of nitrogens with one attached hydrogen (secondary N) is 1. The van der Waals surface area contributed by atoms with Crippen molar-refractivity contribution in [3.05, 3.63) is 32.6 Å². The Labute approximate surface area is 151 Å². The number of H-pyrrole nitrogens is 1. The maximum absolute atomic E-state index is 12.0. The second-order valence-electron chi connectivity index (χ2n) is 4.41. The third-order valence-electron chi connectivity index (χ3n) is 2.60. The number of hydrogen-bond acceptors (Lipinski definition) is 7. The molecule has 0 fully saturated rings. The summed E-state index contributed by atoms with van der Waals surface area (Å²) in [5.41, 5.74) is -1.79. The Kier molecular flexibility index (Phi) is 8.77. The van der Waals surface area contributed by atoms with Crippen LogP contribution in [0.2, 0.25) is 0 Å². The fourth-order valence-electron chi connectivity index (χ4n) is 1.47. The van der Waals surface area contributed by atoms with Gasteiger partial charge in [-0.05, 0) is 6.92 Å². The number of aromatic amines is 1. The van der Waals surface area contributed by atoms with Crippen molar-refractivity contribution in [2.45, 2.75) is 19.1 Å². The van der Waals surface area contributed by atoms with Crippen LogP contribution in [-0.2, 0) is 9.30 Å². The summed E-state index contributed by atoms with van der Waals surface area (Å²) >= 11 is 0. The number of aryl methyl sites for hydroxylation is 1. The van der Waals surface area contributed by atoms with Crippen LogP contribution in [0.25, 0.3) is 0 Å². The number of carbonyl (C=O) groups is 1. The normalized spacial score (nSPS) is 14.0. The summed E-state index contributed by atoms with van der Waals surface area (Å²) in [5, 5.41) is 18.8. The molecule has 5 N–H and O–H groups in total. The molecule has 0 saturated carbocycles. The van der Waals surface area contributed by atoms with Gasteiger partial charge in [0.05, 0.1) is 6.61 Å². The summed E-state index contributed by atoms with van der Waals surface area (Å²) in [7, 11) is -4.57. The van der Waals surface area contributed by atoms with Crippen LogP contribution in [0.3, 0.4) is 0 Å². The van der Waals surface area contributed by atoms with Crippen molar-refractivity contribution in [3.8, 4) is 0 Å². The molecule has 0 radical (unpaired) electrons. The second kappa shape index (κ2) is 9.02. The predicted octanol–water partition coefficient (Wildman–Crippen LogP) is -3.29. The van der Waals surface area contributed by atoms with Crippen molar-refractivity contribution in [2.24, 2.45) is 0 Å². The zero-order valence-corrected chi connectivity index (χ0v) is 12.3. The van der Waals surface area contributed by atoms with Gasteiger partial charge in [0.1, 0.15) is 12.5 Å². The molecule has 0 aliphatic heterocycles. The molecule has 0 bridgehead atoms. The summed E-state index contributed by atoms with van der Waals surface area (Å²) < 4.78 is 15.7. The molecule has 0 amide bonds. The molecule has 1 aromatic rings. The van der Waals surface area contributed by atoms with E-state index in [1.165, 1.54) is 6.92 Å². The van der Waals surface area contributed by atoms with E-state index in [4.69, 9.17) is 14.9 Å². The second-order valence-corrected chi connectivity index (χ2v) is 5.99. The van der Waals surface area contributed by atoms with Gasteiger partial charge in [0.15, 0.2) is 6.10 Å². The van der Waals surface area contributed by atoms with Crippen LogP contribution in [0.4, 0.5) is 0 Å². The van der Waals surface area contributed by atoms with Crippen molar-refractivity contribution >= 4 is 43.1 Å². The molecule has 11 nitrogen and oxygen atoms in total. The molecule has 1 aromatic heterocycles. The first-order chi connectivity index (χ1) is 10.1. The van der Waals surface area contributed by atoms with Crippen LogP contribution >= 0.6 is 7.60 Å². The molecule has 0 spiro atoms. The molecule has 0 aliphatic rings. The van der Waals surface area contributed by atoms with E-state index >= 15 is 0 Å². The van der Waals surface area contributed by atoms with Crippen LogP contribution in [0.15, 0.2) is 15.8 Å². The van der Waals surface area contributed by atoms with Gasteiger partial charge in [-0.25, -0.2) is 9.36 Å². The van der Waals surface area contributed by atoms with E-state index in [1.54, 1.807) is 0 Å². The van der Waals surface area contributed by atoms with E-state index < -0.39 is 49.9 Å². The van der Waals surface area contributed by atoms with Crippen LogP contribution in [0, 0.1) is 6.92 Å². The minimum atomic E-state index is -4.57. The van der Waals surface area contributed by atoms with Crippen LogP contribution in [0.5, 0.6) is 0 Å². The predicted molar refractivity (Wildman–Crippen MR) is 78.7 cm³/mol. The van der Waals surface area contributed by atoms with Gasteiger partial charge in [-0.3, -0.25) is 19.1 Å². The summed E-state index contributed by atoms with van der Waals surface area (Å²) in [6, 6.07) is 0. The zero-order valence-electron chi connectivity index (χ0n) is 11.4. The SMILES string of the molecule is Cc1cn(C(=O)[C@H](O)[C@H](CO)OCP(=O)(O)O)c(=O)[nH]c1=O.[NaH]. The minimum absolute atomic E-state index is 0. The van der Waals surface area contributed by atoms with Gasteiger partial charge in [-0.1, -0.05) is 0 Å². The number of ether oxygens (including phenoxy) is 1. The number of hydrogen-bond donors (Lipinski definition) is 5. The van der Waals surface area contributed by atoms with Crippen molar-refractivity contribution < 1.29 is 34.1 Å². The van der Waals surface area contributed by atoms with Crippen LogP contribution < -0.4 is 11.2 Å². The van der Waals surface area contributed by atoms with E-state index in [0.717, 1.165) is 6.20 Å². The number of aliphatic hydroxyl groups is 2. The molecule has 23 heavy (non-hydrogen) atoms. The average Bonchev–Trinajstić information content (AvgIpc) is 2.41. The van der Waals surface area contributed by atoms with Gasteiger partial charge in [-0.15, -0.1) is 0 Å². The van der Waals surface area contributed by atoms with Gasteiger partial charge < -0.3 is 24.7 Å². The van der Waals surface area contributed by atoms with E-state index in [1.807, 2.05) is 4.98 Å². The monoisotopic (exact) mass is 362 g/mol. The molecule has 2 atom stereocenters. The molecular formula is C10H16N2NaO9P. The fraction of sp³-hybridized carbons (Fsp3) is 0.500. The molecule has 0 saturated heterocycles. The Balaban J connectivity index is 0.00000484. The van der Waals surface area contributed by atoms with E-state index in [2.05, 4.69) is 4.74 Å². The van der Waals surface area contributed by atoms with E-state index in [-0.39, 0.29) is 35.1 Å².